The molecule has 0 aliphatic carbocycles. The summed E-state index contributed by atoms with van der Waals surface area (Å²) >= 11 is 14.1. The molecule has 0 bridgehead atoms. The Morgan fingerprint density at radius 2 is 1.50 bits per heavy atom. The molecule has 3 nitrogen and oxygen atoms in total. The number of benzene rings is 2. The van der Waals surface area contributed by atoms with Crippen molar-refractivity contribution >= 4 is 63.7 Å². The SMILES string of the molecule is CC(C)(c1ccc(OC2CO2)cc1)c1c(Br)c(Br)c(O)c(Br)c1Br. The van der Waals surface area contributed by atoms with Crippen LogP contribution in [0.25, 0.3) is 0 Å². The smallest absolute Gasteiger partial charge is 0.223 e. The van der Waals surface area contributed by atoms with Gasteiger partial charge in [0.05, 0.1) is 8.95 Å². The van der Waals surface area contributed by atoms with Gasteiger partial charge in [-0.1, -0.05) is 26.0 Å². The standard InChI is InChI=1S/C17H14Br4O3/c1-17(2,8-3-5-9(6-4-8)24-10-7-23-10)11-12(18)14(20)16(22)15(21)13(11)19/h3-6,10,22H,7H2,1-2H3. The first-order valence-corrected chi connectivity index (χ1v) is 10.3. The molecule has 1 aliphatic heterocycles. The van der Waals surface area contributed by atoms with Crippen molar-refractivity contribution in [1.82, 2.24) is 0 Å². The number of ether oxygens (including phenoxy) is 2. The van der Waals surface area contributed by atoms with Crippen molar-refractivity contribution in [2.24, 2.45) is 0 Å². The van der Waals surface area contributed by atoms with E-state index in [2.05, 4.69) is 77.6 Å². The Kier molecular flexibility index (Phi) is 5.39. The summed E-state index contributed by atoms with van der Waals surface area (Å²) in [6, 6.07) is 7.99. The summed E-state index contributed by atoms with van der Waals surface area (Å²) in [6.45, 7) is 4.92. The monoisotopic (exact) mass is 582 g/mol. The van der Waals surface area contributed by atoms with Crippen LogP contribution < -0.4 is 4.74 Å². The average molecular weight is 586 g/mol. The number of epoxide rings is 1. The van der Waals surface area contributed by atoms with Gasteiger partial charge in [-0.2, -0.15) is 0 Å². The molecule has 0 spiro atoms. The fraction of sp³-hybridized carbons (Fsp3) is 0.294. The molecule has 1 fully saturated rings. The molecule has 0 radical (unpaired) electrons. The van der Waals surface area contributed by atoms with Gasteiger partial charge in [-0.25, -0.2) is 0 Å². The van der Waals surface area contributed by atoms with E-state index in [1.807, 2.05) is 24.3 Å². The van der Waals surface area contributed by atoms with E-state index in [1.54, 1.807) is 0 Å². The Labute approximate surface area is 174 Å². The van der Waals surface area contributed by atoms with Crippen LogP contribution in [0.3, 0.4) is 0 Å². The summed E-state index contributed by atoms with van der Waals surface area (Å²) in [5.74, 6) is 0.949. The first-order valence-electron chi connectivity index (χ1n) is 7.17. The van der Waals surface area contributed by atoms with E-state index < -0.39 is 0 Å². The summed E-state index contributed by atoms with van der Waals surface area (Å²) in [7, 11) is 0. The molecule has 1 aliphatic rings. The van der Waals surface area contributed by atoms with Crippen LogP contribution in [0.1, 0.15) is 25.0 Å². The summed E-state index contributed by atoms with van der Waals surface area (Å²) in [4.78, 5) is 0. The van der Waals surface area contributed by atoms with Gasteiger partial charge in [0.25, 0.3) is 0 Å². The number of rotatable bonds is 4. The van der Waals surface area contributed by atoms with Crippen molar-refractivity contribution in [2.45, 2.75) is 25.6 Å². The molecule has 1 saturated heterocycles. The van der Waals surface area contributed by atoms with Gasteiger partial charge in [0, 0.05) is 14.4 Å². The van der Waals surface area contributed by atoms with Crippen LogP contribution in [-0.4, -0.2) is 18.0 Å². The zero-order valence-corrected chi connectivity index (χ0v) is 19.2. The van der Waals surface area contributed by atoms with Crippen molar-refractivity contribution in [3.8, 4) is 11.5 Å². The molecule has 0 amide bonds. The van der Waals surface area contributed by atoms with E-state index in [0.717, 1.165) is 25.8 Å². The third-order valence-electron chi connectivity index (χ3n) is 4.01. The number of phenolic OH excluding ortho intramolecular Hbond substituents is 1. The maximum Gasteiger partial charge on any atom is 0.223 e. The van der Waals surface area contributed by atoms with Crippen molar-refractivity contribution < 1.29 is 14.6 Å². The highest BCUT2D eigenvalue weighted by Crippen LogP contribution is 2.51. The van der Waals surface area contributed by atoms with Gasteiger partial charge < -0.3 is 14.6 Å². The largest absolute Gasteiger partial charge is 0.505 e. The molecule has 3 rings (SSSR count). The Bertz CT molecular complexity index is 754. The van der Waals surface area contributed by atoms with Crippen molar-refractivity contribution in [3.05, 3.63) is 53.3 Å². The normalized spacial score (nSPS) is 17.0. The van der Waals surface area contributed by atoms with Gasteiger partial charge in [-0.05, 0) is 87.0 Å². The quantitative estimate of drug-likeness (QED) is 0.329. The molecule has 0 saturated carbocycles. The minimum Gasteiger partial charge on any atom is -0.505 e. The molecule has 7 heteroatoms. The van der Waals surface area contributed by atoms with E-state index >= 15 is 0 Å². The Balaban J connectivity index is 2.04. The van der Waals surface area contributed by atoms with Gasteiger partial charge in [-0.3, -0.25) is 0 Å². The first kappa shape index (κ1) is 18.7. The summed E-state index contributed by atoms with van der Waals surface area (Å²) in [6.07, 6.45) is -0.101. The molecular formula is C17H14Br4O3. The second-order valence-corrected chi connectivity index (χ2v) is 9.18. The van der Waals surface area contributed by atoms with Crippen LogP contribution >= 0.6 is 63.7 Å². The summed E-state index contributed by atoms with van der Waals surface area (Å²) < 4.78 is 13.5. The minimum atomic E-state index is -0.314. The molecule has 1 N–H and O–H groups in total. The molecule has 128 valence electrons. The van der Waals surface area contributed by atoms with Gasteiger partial charge in [-0.15, -0.1) is 0 Å². The number of hydrogen-bond acceptors (Lipinski definition) is 3. The molecular weight excluding hydrogens is 572 g/mol. The van der Waals surface area contributed by atoms with Crippen molar-refractivity contribution in [2.75, 3.05) is 6.61 Å². The Morgan fingerprint density at radius 3 is 1.96 bits per heavy atom. The first-order chi connectivity index (χ1) is 11.2. The zero-order valence-electron chi connectivity index (χ0n) is 12.9. The van der Waals surface area contributed by atoms with Crippen LogP contribution in [0.4, 0.5) is 0 Å². The number of phenols is 1. The van der Waals surface area contributed by atoms with E-state index in [1.165, 1.54) is 0 Å². The third-order valence-corrected chi connectivity index (χ3v) is 8.21. The predicted molar refractivity (Wildman–Crippen MR) is 108 cm³/mol. The molecule has 1 atom stereocenters. The van der Waals surface area contributed by atoms with Crippen LogP contribution in [-0.2, 0) is 10.2 Å². The van der Waals surface area contributed by atoms with E-state index in [4.69, 9.17) is 9.47 Å². The molecule has 2 aromatic carbocycles. The zero-order chi connectivity index (χ0) is 17.6. The highest BCUT2D eigenvalue weighted by molar-refractivity contribution is 9.14. The van der Waals surface area contributed by atoms with E-state index in [9.17, 15) is 5.11 Å². The number of hydrogen-bond donors (Lipinski definition) is 1. The average Bonchev–Trinajstić information content (AvgIpc) is 3.35. The summed E-state index contributed by atoms with van der Waals surface area (Å²) in [5, 5.41) is 10.2. The lowest BCUT2D eigenvalue weighted by molar-refractivity contribution is 0.179. The second-order valence-electron chi connectivity index (χ2n) is 6.01. The minimum absolute atomic E-state index is 0.101. The van der Waals surface area contributed by atoms with Crippen molar-refractivity contribution in [1.29, 1.82) is 0 Å². The molecule has 1 unspecified atom stereocenters. The van der Waals surface area contributed by atoms with Crippen molar-refractivity contribution in [3.63, 3.8) is 0 Å². The van der Waals surface area contributed by atoms with E-state index in [0.29, 0.717) is 15.6 Å². The highest BCUT2D eigenvalue weighted by Gasteiger charge is 2.32. The predicted octanol–water partition coefficient (Wildman–Crippen LogP) is 6.50. The lowest BCUT2D eigenvalue weighted by Crippen LogP contribution is -2.21. The molecule has 0 aromatic heterocycles. The maximum absolute atomic E-state index is 10.2. The third kappa shape index (κ3) is 3.43. The molecule has 24 heavy (non-hydrogen) atoms. The van der Waals surface area contributed by atoms with Gasteiger partial charge in [0.2, 0.25) is 6.29 Å². The van der Waals surface area contributed by atoms with Crippen LogP contribution in [0.2, 0.25) is 0 Å². The Morgan fingerprint density at radius 1 is 1.00 bits per heavy atom. The van der Waals surface area contributed by atoms with E-state index in [-0.39, 0.29) is 17.5 Å². The van der Waals surface area contributed by atoms with Crippen LogP contribution in [0, 0.1) is 0 Å². The lowest BCUT2D eigenvalue weighted by Gasteiger charge is -2.30. The fourth-order valence-corrected chi connectivity index (χ4v) is 5.61. The number of aromatic hydroxyl groups is 1. The summed E-state index contributed by atoms with van der Waals surface area (Å²) in [5.41, 5.74) is 1.83. The van der Waals surface area contributed by atoms with Gasteiger partial charge in [0.15, 0.2) is 0 Å². The van der Waals surface area contributed by atoms with Crippen LogP contribution in [0.15, 0.2) is 42.2 Å². The Hall–Kier alpha value is -0.0800. The number of halogens is 4. The molecule has 2 aromatic rings. The lowest BCUT2D eigenvalue weighted by atomic mass is 9.78. The highest BCUT2D eigenvalue weighted by atomic mass is 79.9. The van der Waals surface area contributed by atoms with Gasteiger partial charge >= 0.3 is 0 Å². The second kappa shape index (κ2) is 6.91. The fourth-order valence-electron chi connectivity index (χ4n) is 2.52. The van der Waals surface area contributed by atoms with Gasteiger partial charge in [0.1, 0.15) is 18.1 Å². The topological polar surface area (TPSA) is 42.0 Å². The maximum atomic E-state index is 10.2. The van der Waals surface area contributed by atoms with Crippen LogP contribution in [0.5, 0.6) is 11.5 Å². The molecule has 1 heterocycles.